The molecule has 0 saturated heterocycles. The molecule has 0 aliphatic rings. The maximum atomic E-state index is 12.1. The molecule has 0 saturated carbocycles. The number of hydrogen-bond acceptors (Lipinski definition) is 2. The normalized spacial score (nSPS) is 12.4. The summed E-state index contributed by atoms with van der Waals surface area (Å²) in [5.74, 6) is 3.22. The molecule has 0 N–H and O–H groups in total. The number of halogens is 1. The van der Waals surface area contributed by atoms with Gasteiger partial charge in [-0.3, -0.25) is 9.36 Å². The van der Waals surface area contributed by atoms with Crippen LogP contribution in [0.3, 0.4) is 0 Å². The Kier molecular flexibility index (Phi) is 4.93. The predicted molar refractivity (Wildman–Crippen MR) is 101 cm³/mol. The third-order valence-corrected chi connectivity index (χ3v) is 7.78. The summed E-state index contributed by atoms with van der Waals surface area (Å²) < 4.78 is 1.68. The van der Waals surface area contributed by atoms with Crippen molar-refractivity contribution in [2.24, 2.45) is 0 Å². The molecular formula is C18H21ClN2OS. The van der Waals surface area contributed by atoms with E-state index in [0.717, 1.165) is 5.56 Å². The molecule has 0 spiro atoms. The van der Waals surface area contributed by atoms with E-state index in [-0.39, 0.29) is 10.3 Å². The maximum Gasteiger partial charge on any atom is 0.255 e. The molecule has 3 nitrogen and oxygen atoms in total. The Morgan fingerprint density at radius 1 is 1.17 bits per heavy atom. The molecule has 0 atom stereocenters. The quantitative estimate of drug-likeness (QED) is 0.575. The van der Waals surface area contributed by atoms with Crippen molar-refractivity contribution >= 4 is 21.6 Å². The van der Waals surface area contributed by atoms with Crippen molar-refractivity contribution in [3.63, 3.8) is 0 Å². The van der Waals surface area contributed by atoms with Crippen LogP contribution in [0.2, 0.25) is 5.15 Å². The second kappa shape index (κ2) is 6.43. The molecule has 2 aromatic rings. The SMILES string of the molecule is CC(C)(C)S(C)(C)C#Cc1ccc(=O)n(-c2ccc(Cl)nc2)c1. The summed E-state index contributed by atoms with van der Waals surface area (Å²) in [6, 6.07) is 6.71. The zero-order valence-corrected chi connectivity index (χ0v) is 15.6. The lowest BCUT2D eigenvalue weighted by Gasteiger charge is -2.39. The topological polar surface area (TPSA) is 34.9 Å². The van der Waals surface area contributed by atoms with E-state index in [4.69, 9.17) is 11.6 Å². The van der Waals surface area contributed by atoms with Gasteiger partial charge in [-0.25, -0.2) is 4.98 Å². The highest BCUT2D eigenvalue weighted by Gasteiger charge is 2.25. The molecule has 0 bridgehead atoms. The van der Waals surface area contributed by atoms with Crippen LogP contribution in [0.15, 0.2) is 41.5 Å². The van der Waals surface area contributed by atoms with Gasteiger partial charge in [0.05, 0.1) is 11.9 Å². The third-order valence-electron chi connectivity index (χ3n) is 3.88. The van der Waals surface area contributed by atoms with Crippen molar-refractivity contribution in [1.82, 2.24) is 9.55 Å². The molecule has 0 unspecified atom stereocenters. The average Bonchev–Trinajstić information content (AvgIpc) is 2.46. The first kappa shape index (κ1) is 17.7. The Balaban J connectivity index is 2.43. The van der Waals surface area contributed by atoms with Gasteiger partial charge in [0.2, 0.25) is 0 Å². The lowest BCUT2D eigenvalue weighted by molar-refractivity contribution is 0.794. The highest BCUT2D eigenvalue weighted by atomic mass is 35.5. The van der Waals surface area contributed by atoms with Gasteiger partial charge in [0, 0.05) is 22.6 Å². The summed E-state index contributed by atoms with van der Waals surface area (Å²) in [6.07, 6.45) is 7.74. The molecule has 2 heterocycles. The Morgan fingerprint density at radius 2 is 1.87 bits per heavy atom. The minimum Gasteiger partial charge on any atom is -0.282 e. The van der Waals surface area contributed by atoms with Crippen LogP contribution in [0.4, 0.5) is 0 Å². The molecule has 0 radical (unpaired) electrons. The fourth-order valence-corrected chi connectivity index (χ4v) is 2.40. The fraction of sp³-hybridized carbons (Fsp3) is 0.333. The van der Waals surface area contributed by atoms with E-state index in [1.807, 2.05) is 0 Å². The van der Waals surface area contributed by atoms with Gasteiger partial charge in [-0.2, -0.15) is 10.0 Å². The van der Waals surface area contributed by atoms with Crippen LogP contribution in [-0.4, -0.2) is 26.8 Å². The van der Waals surface area contributed by atoms with E-state index in [1.165, 1.54) is 10.6 Å². The van der Waals surface area contributed by atoms with E-state index in [1.54, 1.807) is 30.6 Å². The van der Waals surface area contributed by atoms with Crippen LogP contribution in [0, 0.1) is 11.2 Å². The molecular weight excluding hydrogens is 328 g/mol. The van der Waals surface area contributed by atoms with Gasteiger partial charge >= 0.3 is 0 Å². The van der Waals surface area contributed by atoms with E-state index in [9.17, 15) is 4.79 Å². The molecule has 0 aliphatic carbocycles. The molecule has 0 amide bonds. The Bertz CT molecular complexity index is 821. The van der Waals surface area contributed by atoms with Crippen LogP contribution in [0.25, 0.3) is 5.69 Å². The monoisotopic (exact) mass is 348 g/mol. The first-order valence-electron chi connectivity index (χ1n) is 7.20. The molecule has 23 heavy (non-hydrogen) atoms. The summed E-state index contributed by atoms with van der Waals surface area (Å²) in [5, 5.41) is 3.80. The number of aromatic nitrogens is 2. The van der Waals surface area contributed by atoms with Gasteiger partial charge in [-0.15, -0.1) is 0 Å². The number of hydrogen-bond donors (Lipinski definition) is 0. The number of rotatable bonds is 1. The van der Waals surface area contributed by atoms with Crippen LogP contribution in [-0.2, 0) is 0 Å². The van der Waals surface area contributed by atoms with Crippen molar-refractivity contribution in [2.75, 3.05) is 12.5 Å². The second-order valence-corrected chi connectivity index (χ2v) is 11.1. The lowest BCUT2D eigenvalue weighted by Crippen LogP contribution is -2.21. The van der Waals surface area contributed by atoms with Crippen LogP contribution in [0.5, 0.6) is 0 Å². The van der Waals surface area contributed by atoms with Crippen molar-refractivity contribution in [1.29, 1.82) is 0 Å². The maximum absolute atomic E-state index is 12.1. The van der Waals surface area contributed by atoms with Crippen molar-refractivity contribution in [3.05, 3.63) is 57.7 Å². The van der Waals surface area contributed by atoms with Gasteiger partial charge in [-0.1, -0.05) is 38.3 Å². The largest absolute Gasteiger partial charge is 0.282 e. The molecule has 0 fully saturated rings. The molecule has 2 aromatic heterocycles. The van der Waals surface area contributed by atoms with Crippen LogP contribution < -0.4 is 5.56 Å². The highest BCUT2D eigenvalue weighted by molar-refractivity contribution is 8.37. The Labute approximate surface area is 144 Å². The average molecular weight is 349 g/mol. The van der Waals surface area contributed by atoms with Gasteiger partial charge in [0.25, 0.3) is 5.56 Å². The summed E-state index contributed by atoms with van der Waals surface area (Å²) in [4.78, 5) is 16.1. The van der Waals surface area contributed by atoms with Crippen LogP contribution >= 0.6 is 21.6 Å². The first-order valence-corrected chi connectivity index (χ1v) is 10.0. The Morgan fingerprint density at radius 3 is 2.43 bits per heavy atom. The van der Waals surface area contributed by atoms with Gasteiger partial charge in [0.15, 0.2) is 0 Å². The zero-order valence-electron chi connectivity index (χ0n) is 14.1. The van der Waals surface area contributed by atoms with E-state index in [2.05, 4.69) is 49.4 Å². The predicted octanol–water partition coefficient (Wildman–Crippen LogP) is 4.06. The molecule has 5 heteroatoms. The third kappa shape index (κ3) is 4.19. The second-order valence-electron chi connectivity index (χ2n) is 6.63. The van der Waals surface area contributed by atoms with Crippen molar-refractivity contribution in [2.45, 2.75) is 25.5 Å². The smallest absolute Gasteiger partial charge is 0.255 e. The summed E-state index contributed by atoms with van der Waals surface area (Å²) in [5.41, 5.74) is 1.36. The molecule has 122 valence electrons. The van der Waals surface area contributed by atoms with E-state index >= 15 is 0 Å². The first-order chi connectivity index (χ1) is 10.6. The lowest BCUT2D eigenvalue weighted by atomic mass is 10.3. The standard InChI is InChI=1S/C18H21ClN2OS/c1-18(2,3)23(4,5)11-10-14-6-9-17(22)21(13-14)15-7-8-16(19)20-12-15/h6-9,12-13H,1-5H3. The van der Waals surface area contributed by atoms with E-state index < -0.39 is 10.0 Å². The van der Waals surface area contributed by atoms with E-state index in [0.29, 0.717) is 10.8 Å². The molecule has 0 aromatic carbocycles. The zero-order chi connectivity index (χ0) is 17.3. The summed E-state index contributed by atoms with van der Waals surface area (Å²) >= 11 is 5.79. The molecule has 2 rings (SSSR count). The van der Waals surface area contributed by atoms with Gasteiger partial charge in [0.1, 0.15) is 5.15 Å². The minimum absolute atomic E-state index is 0.123. The minimum atomic E-state index is -1.07. The summed E-state index contributed by atoms with van der Waals surface area (Å²) in [6.45, 7) is 6.62. The van der Waals surface area contributed by atoms with Crippen molar-refractivity contribution < 1.29 is 0 Å². The van der Waals surface area contributed by atoms with Crippen molar-refractivity contribution in [3.8, 4) is 16.9 Å². The van der Waals surface area contributed by atoms with Gasteiger partial charge in [-0.05, 0) is 36.0 Å². The van der Waals surface area contributed by atoms with Crippen LogP contribution in [0.1, 0.15) is 26.3 Å². The Hall–Kier alpha value is -1.70. The number of nitrogens with zero attached hydrogens (tertiary/aromatic N) is 2. The summed E-state index contributed by atoms with van der Waals surface area (Å²) in [7, 11) is -1.07. The highest BCUT2D eigenvalue weighted by Crippen LogP contribution is 2.51. The fourth-order valence-electron chi connectivity index (χ4n) is 1.61. The number of pyridine rings is 2. The molecule has 0 aliphatic heterocycles. The van der Waals surface area contributed by atoms with Gasteiger partial charge < -0.3 is 0 Å².